The Balaban J connectivity index is 2.13. The van der Waals surface area contributed by atoms with Crippen LogP contribution in [-0.2, 0) is 0 Å². The van der Waals surface area contributed by atoms with Crippen molar-refractivity contribution in [1.82, 2.24) is 5.32 Å². The second kappa shape index (κ2) is 6.03. The molecule has 1 rings (SSSR count). The van der Waals surface area contributed by atoms with Gasteiger partial charge in [-0.1, -0.05) is 13.8 Å². The van der Waals surface area contributed by atoms with E-state index in [0.29, 0.717) is 12.5 Å². The van der Waals surface area contributed by atoms with Crippen LogP contribution in [0, 0.1) is 23.2 Å². The minimum atomic E-state index is 0.643. The van der Waals surface area contributed by atoms with E-state index in [2.05, 4.69) is 25.2 Å². The number of hydrogen-bond donors (Lipinski definition) is 1. The summed E-state index contributed by atoms with van der Waals surface area (Å²) in [4.78, 5) is 0. The SMILES string of the molecule is CC(C)C1CCC(NCCC#N)CC1. The van der Waals surface area contributed by atoms with E-state index in [4.69, 9.17) is 5.26 Å². The van der Waals surface area contributed by atoms with Crippen LogP contribution >= 0.6 is 0 Å². The van der Waals surface area contributed by atoms with E-state index in [9.17, 15) is 0 Å². The number of hydrogen-bond acceptors (Lipinski definition) is 2. The van der Waals surface area contributed by atoms with Gasteiger partial charge in [0, 0.05) is 19.0 Å². The van der Waals surface area contributed by atoms with Gasteiger partial charge < -0.3 is 5.32 Å². The van der Waals surface area contributed by atoms with Crippen molar-refractivity contribution >= 4 is 0 Å². The highest BCUT2D eigenvalue weighted by atomic mass is 14.9. The molecule has 0 spiro atoms. The predicted molar refractivity (Wildman–Crippen MR) is 58.8 cm³/mol. The second-order valence-electron chi connectivity index (χ2n) is 4.72. The standard InChI is InChI=1S/C12H22N2/c1-10(2)11-4-6-12(7-5-11)14-9-3-8-13/h10-12,14H,3-7,9H2,1-2H3. The van der Waals surface area contributed by atoms with Gasteiger partial charge in [-0.15, -0.1) is 0 Å². The molecule has 0 aromatic carbocycles. The third-order valence-electron chi connectivity index (χ3n) is 3.38. The third kappa shape index (κ3) is 3.67. The van der Waals surface area contributed by atoms with E-state index in [1.165, 1.54) is 25.7 Å². The molecule has 0 aliphatic heterocycles. The van der Waals surface area contributed by atoms with Gasteiger partial charge in [-0.3, -0.25) is 0 Å². The number of nitrogens with one attached hydrogen (secondary N) is 1. The van der Waals surface area contributed by atoms with E-state index < -0.39 is 0 Å². The van der Waals surface area contributed by atoms with E-state index in [0.717, 1.165) is 18.4 Å². The first-order valence-corrected chi connectivity index (χ1v) is 5.84. The van der Waals surface area contributed by atoms with Crippen LogP contribution in [0.15, 0.2) is 0 Å². The Hall–Kier alpha value is -0.550. The van der Waals surface area contributed by atoms with Gasteiger partial charge in [-0.05, 0) is 37.5 Å². The van der Waals surface area contributed by atoms with Gasteiger partial charge in [-0.2, -0.15) is 5.26 Å². The summed E-state index contributed by atoms with van der Waals surface area (Å²) in [6, 6.07) is 2.85. The number of rotatable bonds is 4. The minimum absolute atomic E-state index is 0.643. The highest BCUT2D eigenvalue weighted by molar-refractivity contribution is 4.80. The first kappa shape index (κ1) is 11.5. The van der Waals surface area contributed by atoms with Crippen molar-refractivity contribution < 1.29 is 0 Å². The Labute approximate surface area is 87.7 Å². The maximum absolute atomic E-state index is 8.42. The number of nitriles is 1. The van der Waals surface area contributed by atoms with Crippen LogP contribution in [0.4, 0.5) is 0 Å². The molecule has 0 aromatic rings. The largest absolute Gasteiger partial charge is 0.313 e. The molecule has 0 radical (unpaired) electrons. The maximum Gasteiger partial charge on any atom is 0.0635 e. The Morgan fingerprint density at radius 3 is 2.43 bits per heavy atom. The van der Waals surface area contributed by atoms with Crippen LogP contribution in [0.1, 0.15) is 46.0 Å². The van der Waals surface area contributed by atoms with Crippen LogP contribution in [0.5, 0.6) is 0 Å². The molecular formula is C12H22N2. The van der Waals surface area contributed by atoms with Crippen LogP contribution in [-0.4, -0.2) is 12.6 Å². The molecule has 14 heavy (non-hydrogen) atoms. The molecule has 0 bridgehead atoms. The number of nitrogens with zero attached hydrogens (tertiary/aromatic N) is 1. The Bertz CT molecular complexity index is 185. The molecule has 2 nitrogen and oxygen atoms in total. The lowest BCUT2D eigenvalue weighted by Crippen LogP contribution is -2.34. The lowest BCUT2D eigenvalue weighted by Gasteiger charge is -2.31. The summed E-state index contributed by atoms with van der Waals surface area (Å²) in [6.45, 7) is 5.52. The van der Waals surface area contributed by atoms with Crippen LogP contribution in [0.3, 0.4) is 0 Å². The summed E-state index contributed by atoms with van der Waals surface area (Å²) in [6.07, 6.45) is 5.97. The van der Waals surface area contributed by atoms with Crippen molar-refractivity contribution in [3.63, 3.8) is 0 Å². The van der Waals surface area contributed by atoms with E-state index in [1.54, 1.807) is 0 Å². The summed E-state index contributed by atoms with van der Waals surface area (Å²) in [7, 11) is 0. The first-order chi connectivity index (χ1) is 6.74. The van der Waals surface area contributed by atoms with Gasteiger partial charge in [0.15, 0.2) is 0 Å². The molecule has 0 amide bonds. The van der Waals surface area contributed by atoms with E-state index >= 15 is 0 Å². The highest BCUT2D eigenvalue weighted by Gasteiger charge is 2.22. The van der Waals surface area contributed by atoms with Gasteiger partial charge in [-0.25, -0.2) is 0 Å². The van der Waals surface area contributed by atoms with Crippen LogP contribution in [0.2, 0.25) is 0 Å². The molecule has 0 atom stereocenters. The van der Waals surface area contributed by atoms with E-state index in [-0.39, 0.29) is 0 Å². The summed E-state index contributed by atoms with van der Waals surface area (Å²) in [5, 5.41) is 11.9. The molecule has 1 saturated carbocycles. The van der Waals surface area contributed by atoms with Gasteiger partial charge in [0.1, 0.15) is 0 Å². The molecule has 0 heterocycles. The van der Waals surface area contributed by atoms with Gasteiger partial charge in [0.2, 0.25) is 0 Å². The zero-order chi connectivity index (χ0) is 10.4. The second-order valence-corrected chi connectivity index (χ2v) is 4.72. The quantitative estimate of drug-likeness (QED) is 0.698. The minimum Gasteiger partial charge on any atom is -0.313 e. The van der Waals surface area contributed by atoms with Crippen molar-refractivity contribution in [1.29, 1.82) is 5.26 Å². The first-order valence-electron chi connectivity index (χ1n) is 5.84. The Morgan fingerprint density at radius 2 is 1.93 bits per heavy atom. The average Bonchev–Trinajstić information content (AvgIpc) is 2.19. The predicted octanol–water partition coefficient (Wildman–Crippen LogP) is 2.70. The fraction of sp³-hybridized carbons (Fsp3) is 0.917. The van der Waals surface area contributed by atoms with Crippen LogP contribution in [0.25, 0.3) is 0 Å². The van der Waals surface area contributed by atoms with Crippen molar-refractivity contribution in [2.24, 2.45) is 11.8 Å². The average molecular weight is 194 g/mol. The molecule has 0 unspecified atom stereocenters. The lowest BCUT2D eigenvalue weighted by molar-refractivity contribution is 0.240. The molecule has 1 fully saturated rings. The molecule has 2 heteroatoms. The van der Waals surface area contributed by atoms with Gasteiger partial charge in [0.05, 0.1) is 6.07 Å². The Morgan fingerprint density at radius 1 is 1.29 bits per heavy atom. The van der Waals surface area contributed by atoms with Gasteiger partial charge >= 0.3 is 0 Å². The van der Waals surface area contributed by atoms with Crippen LogP contribution < -0.4 is 5.32 Å². The zero-order valence-electron chi connectivity index (χ0n) is 9.42. The molecule has 1 N–H and O–H groups in total. The summed E-state index contributed by atoms with van der Waals surface area (Å²) < 4.78 is 0. The smallest absolute Gasteiger partial charge is 0.0635 e. The summed E-state index contributed by atoms with van der Waals surface area (Å²) in [5.74, 6) is 1.78. The molecule has 1 aliphatic carbocycles. The van der Waals surface area contributed by atoms with E-state index in [1.807, 2.05) is 0 Å². The van der Waals surface area contributed by atoms with Crippen molar-refractivity contribution in [2.45, 2.75) is 52.0 Å². The molecule has 0 saturated heterocycles. The summed E-state index contributed by atoms with van der Waals surface area (Å²) in [5.41, 5.74) is 0. The van der Waals surface area contributed by atoms with Crippen molar-refractivity contribution in [3.05, 3.63) is 0 Å². The Kier molecular flexibility index (Phi) is 4.97. The molecule has 0 aromatic heterocycles. The summed E-state index contributed by atoms with van der Waals surface area (Å²) >= 11 is 0. The molecule has 80 valence electrons. The monoisotopic (exact) mass is 194 g/mol. The normalized spacial score (nSPS) is 27.6. The molecular weight excluding hydrogens is 172 g/mol. The topological polar surface area (TPSA) is 35.8 Å². The fourth-order valence-corrected chi connectivity index (χ4v) is 2.32. The third-order valence-corrected chi connectivity index (χ3v) is 3.38. The molecule has 1 aliphatic rings. The van der Waals surface area contributed by atoms with Crippen molar-refractivity contribution in [3.8, 4) is 6.07 Å². The highest BCUT2D eigenvalue weighted by Crippen LogP contribution is 2.29. The van der Waals surface area contributed by atoms with Crippen molar-refractivity contribution in [2.75, 3.05) is 6.54 Å². The maximum atomic E-state index is 8.42. The zero-order valence-corrected chi connectivity index (χ0v) is 9.42. The van der Waals surface area contributed by atoms with Gasteiger partial charge in [0.25, 0.3) is 0 Å². The lowest BCUT2D eigenvalue weighted by atomic mass is 9.80. The fourth-order valence-electron chi connectivity index (χ4n) is 2.32.